The van der Waals surface area contributed by atoms with Crippen molar-refractivity contribution < 1.29 is 14.3 Å². The molecule has 0 rings (SSSR count). The second-order valence-corrected chi connectivity index (χ2v) is 2.26. The van der Waals surface area contributed by atoms with Gasteiger partial charge in [0.2, 0.25) is 0 Å². The summed E-state index contributed by atoms with van der Waals surface area (Å²) in [6.45, 7) is 2.14. The zero-order valence-electron chi connectivity index (χ0n) is 6.59. The lowest BCUT2D eigenvalue weighted by molar-refractivity contribution is -0.137. The molecule has 0 aliphatic carbocycles. The highest BCUT2D eigenvalue weighted by molar-refractivity contribution is 9.09. The average molecular weight is 223 g/mol. The molecule has 0 aromatic rings. The molecule has 0 saturated carbocycles. The van der Waals surface area contributed by atoms with Crippen LogP contribution in [-0.2, 0) is 14.3 Å². The van der Waals surface area contributed by atoms with Crippen molar-refractivity contribution in [2.75, 3.05) is 19.0 Å². The summed E-state index contributed by atoms with van der Waals surface area (Å²) >= 11 is 3.15. The molecule has 11 heavy (non-hydrogen) atoms. The van der Waals surface area contributed by atoms with Gasteiger partial charge >= 0.3 is 5.97 Å². The Hall–Kier alpha value is -0.510. The predicted molar refractivity (Wildman–Crippen MR) is 45.5 cm³/mol. The number of allylic oxidation sites excluding steroid dienone is 1. The van der Waals surface area contributed by atoms with Gasteiger partial charge in [0, 0.05) is 0 Å². The average Bonchev–Trinajstić information content (AvgIpc) is 2.01. The lowest BCUT2D eigenvalue weighted by Gasteiger charge is -2.00. The van der Waals surface area contributed by atoms with Crippen LogP contribution in [0.3, 0.4) is 0 Å². The number of methoxy groups -OCH3 is 1. The van der Waals surface area contributed by atoms with E-state index in [1.165, 1.54) is 13.2 Å². The fourth-order valence-corrected chi connectivity index (χ4v) is 0.858. The molecule has 0 aromatic carbocycles. The van der Waals surface area contributed by atoms with Crippen molar-refractivity contribution in [1.82, 2.24) is 0 Å². The molecule has 0 bridgehead atoms. The lowest BCUT2D eigenvalue weighted by Crippen LogP contribution is -2.02. The van der Waals surface area contributed by atoms with Gasteiger partial charge in [0.25, 0.3) is 0 Å². The number of hydrogen-bond donors (Lipinski definition) is 0. The summed E-state index contributed by atoms with van der Waals surface area (Å²) in [5.41, 5.74) is 0. The standard InChI is InChI=1S/C7H11BrO3/c1-3-11-7(9)4-6(5-8)10-2/h4H,3,5H2,1-2H3/b6-4-. The van der Waals surface area contributed by atoms with E-state index < -0.39 is 0 Å². The number of carbonyl (C=O) groups is 1. The first-order valence-corrected chi connectivity index (χ1v) is 4.34. The van der Waals surface area contributed by atoms with Crippen molar-refractivity contribution >= 4 is 21.9 Å². The molecular weight excluding hydrogens is 212 g/mol. The van der Waals surface area contributed by atoms with Gasteiger partial charge in [-0.2, -0.15) is 0 Å². The molecule has 0 saturated heterocycles. The number of rotatable bonds is 4. The van der Waals surface area contributed by atoms with Gasteiger partial charge in [0.1, 0.15) is 5.76 Å². The Labute approximate surface area is 74.5 Å². The Bertz CT molecular complexity index is 148. The van der Waals surface area contributed by atoms with E-state index >= 15 is 0 Å². The molecule has 0 atom stereocenters. The fourth-order valence-electron chi connectivity index (χ4n) is 0.467. The van der Waals surface area contributed by atoms with Gasteiger partial charge in [-0.1, -0.05) is 15.9 Å². The first-order valence-electron chi connectivity index (χ1n) is 3.21. The van der Waals surface area contributed by atoms with Crippen LogP contribution in [0.1, 0.15) is 6.92 Å². The summed E-state index contributed by atoms with van der Waals surface area (Å²) in [6, 6.07) is 0. The molecule has 0 aromatic heterocycles. The first-order chi connectivity index (χ1) is 5.24. The number of carbonyl (C=O) groups excluding carboxylic acids is 1. The highest BCUT2D eigenvalue weighted by Gasteiger charge is 1.99. The van der Waals surface area contributed by atoms with E-state index in [9.17, 15) is 4.79 Å². The molecule has 3 nitrogen and oxygen atoms in total. The Morgan fingerprint density at radius 1 is 1.64 bits per heavy atom. The summed E-state index contributed by atoms with van der Waals surface area (Å²) in [7, 11) is 1.51. The van der Waals surface area contributed by atoms with Gasteiger partial charge in [-0.15, -0.1) is 0 Å². The van der Waals surface area contributed by atoms with Crippen LogP contribution in [0.4, 0.5) is 0 Å². The molecule has 0 aliphatic rings. The van der Waals surface area contributed by atoms with Gasteiger partial charge in [-0.3, -0.25) is 0 Å². The van der Waals surface area contributed by atoms with Crippen molar-refractivity contribution in [2.24, 2.45) is 0 Å². The van der Waals surface area contributed by atoms with Gasteiger partial charge < -0.3 is 9.47 Å². The van der Waals surface area contributed by atoms with Crippen LogP contribution < -0.4 is 0 Å². The van der Waals surface area contributed by atoms with Gasteiger partial charge in [-0.25, -0.2) is 4.79 Å². The summed E-state index contributed by atoms with van der Waals surface area (Å²) < 4.78 is 9.49. The largest absolute Gasteiger partial charge is 0.500 e. The zero-order valence-corrected chi connectivity index (χ0v) is 8.18. The number of esters is 1. The lowest BCUT2D eigenvalue weighted by atomic mass is 10.5. The van der Waals surface area contributed by atoms with Crippen LogP contribution in [0.2, 0.25) is 0 Å². The van der Waals surface area contributed by atoms with Crippen molar-refractivity contribution in [2.45, 2.75) is 6.92 Å². The van der Waals surface area contributed by atoms with Crippen LogP contribution in [-0.4, -0.2) is 25.0 Å². The quantitative estimate of drug-likeness (QED) is 0.313. The summed E-state index contributed by atoms with van der Waals surface area (Å²) in [5.74, 6) is 0.187. The molecule has 0 radical (unpaired) electrons. The van der Waals surface area contributed by atoms with Crippen molar-refractivity contribution in [3.63, 3.8) is 0 Å². The van der Waals surface area contributed by atoms with Crippen LogP contribution in [0, 0.1) is 0 Å². The maximum absolute atomic E-state index is 10.8. The van der Waals surface area contributed by atoms with Gasteiger partial charge in [0.05, 0.1) is 25.1 Å². The topological polar surface area (TPSA) is 35.5 Å². The van der Waals surface area contributed by atoms with Crippen molar-refractivity contribution in [1.29, 1.82) is 0 Å². The highest BCUT2D eigenvalue weighted by atomic mass is 79.9. The Balaban J connectivity index is 3.93. The molecule has 0 amide bonds. The third-order valence-electron chi connectivity index (χ3n) is 0.959. The minimum Gasteiger partial charge on any atom is -0.500 e. The van der Waals surface area contributed by atoms with Gasteiger partial charge in [-0.05, 0) is 6.92 Å². The van der Waals surface area contributed by atoms with Crippen LogP contribution in [0.15, 0.2) is 11.8 Å². The third kappa shape index (κ3) is 4.84. The number of hydrogen-bond acceptors (Lipinski definition) is 3. The molecule has 0 unspecified atom stereocenters. The summed E-state index contributed by atoms with van der Waals surface area (Å²) in [5, 5.41) is 0.516. The van der Waals surface area contributed by atoms with E-state index in [1.807, 2.05) is 0 Å². The van der Waals surface area contributed by atoms with Crippen LogP contribution in [0.25, 0.3) is 0 Å². The SMILES string of the molecule is CCOC(=O)/C=C(/CBr)OC. The van der Waals surface area contributed by atoms with E-state index in [0.717, 1.165) is 0 Å². The Morgan fingerprint density at radius 2 is 2.27 bits per heavy atom. The Kier molecular flexibility index (Phi) is 5.93. The minimum atomic E-state index is -0.371. The molecule has 0 spiro atoms. The second kappa shape index (κ2) is 6.22. The second-order valence-electron chi connectivity index (χ2n) is 1.70. The maximum Gasteiger partial charge on any atom is 0.334 e. The third-order valence-corrected chi connectivity index (χ3v) is 1.51. The molecule has 0 aliphatic heterocycles. The molecular formula is C7H11BrO3. The summed E-state index contributed by atoms with van der Waals surface area (Å²) in [4.78, 5) is 10.8. The predicted octanol–water partition coefficient (Wildman–Crippen LogP) is 1.47. The molecule has 0 N–H and O–H groups in total. The first kappa shape index (κ1) is 10.5. The van der Waals surface area contributed by atoms with E-state index in [1.54, 1.807) is 6.92 Å². The minimum absolute atomic E-state index is 0.371. The maximum atomic E-state index is 10.8. The molecule has 0 fully saturated rings. The van der Waals surface area contributed by atoms with Crippen LogP contribution in [0.5, 0.6) is 0 Å². The fraction of sp³-hybridized carbons (Fsp3) is 0.571. The number of halogens is 1. The zero-order chi connectivity index (χ0) is 8.69. The number of alkyl halides is 1. The van der Waals surface area contributed by atoms with Crippen molar-refractivity contribution in [3.05, 3.63) is 11.8 Å². The molecule has 0 heterocycles. The molecule has 64 valence electrons. The van der Waals surface area contributed by atoms with E-state index in [-0.39, 0.29) is 5.97 Å². The summed E-state index contributed by atoms with van der Waals surface area (Å²) in [6.07, 6.45) is 1.32. The van der Waals surface area contributed by atoms with E-state index in [2.05, 4.69) is 20.7 Å². The molecule has 4 heteroatoms. The number of ether oxygens (including phenoxy) is 2. The monoisotopic (exact) mass is 222 g/mol. The van der Waals surface area contributed by atoms with Crippen molar-refractivity contribution in [3.8, 4) is 0 Å². The highest BCUT2D eigenvalue weighted by Crippen LogP contribution is 2.00. The smallest absolute Gasteiger partial charge is 0.334 e. The van der Waals surface area contributed by atoms with Crippen LogP contribution >= 0.6 is 15.9 Å². The van der Waals surface area contributed by atoms with Gasteiger partial charge in [0.15, 0.2) is 0 Å². The van der Waals surface area contributed by atoms with E-state index in [0.29, 0.717) is 17.7 Å². The van der Waals surface area contributed by atoms with E-state index in [4.69, 9.17) is 4.74 Å². The normalized spacial score (nSPS) is 11.0. The Morgan fingerprint density at radius 3 is 2.64 bits per heavy atom.